The van der Waals surface area contributed by atoms with Crippen LogP contribution in [-0.4, -0.2) is 41.8 Å². The van der Waals surface area contributed by atoms with Gasteiger partial charge in [-0.2, -0.15) is 5.10 Å². The number of anilines is 2. The van der Waals surface area contributed by atoms with E-state index in [1.165, 1.54) is 16.0 Å². The Balaban J connectivity index is 1.64. The lowest BCUT2D eigenvalue weighted by atomic mass is 10.1. The number of amides is 1. The van der Waals surface area contributed by atoms with Crippen molar-refractivity contribution >= 4 is 43.9 Å². The van der Waals surface area contributed by atoms with Crippen molar-refractivity contribution < 1.29 is 4.79 Å². The van der Waals surface area contributed by atoms with E-state index in [1.54, 1.807) is 29.1 Å². The fourth-order valence-corrected chi connectivity index (χ4v) is 3.93. The summed E-state index contributed by atoms with van der Waals surface area (Å²) in [4.78, 5) is 30.0. The number of pyridine rings is 1. The summed E-state index contributed by atoms with van der Waals surface area (Å²) in [6.45, 7) is 6.45. The first kappa shape index (κ1) is 19.0. The van der Waals surface area contributed by atoms with Gasteiger partial charge in [0.2, 0.25) is 5.91 Å². The summed E-state index contributed by atoms with van der Waals surface area (Å²) < 4.78 is 3.40. The number of hydrogen-bond acceptors (Lipinski definition) is 8. The fourth-order valence-electron chi connectivity index (χ4n) is 2.94. The molecule has 0 aromatic carbocycles. The maximum atomic E-state index is 12.9. The zero-order chi connectivity index (χ0) is 20.5. The highest BCUT2D eigenvalue weighted by Gasteiger charge is 2.19. The second-order valence-electron chi connectivity index (χ2n) is 6.79. The van der Waals surface area contributed by atoms with Gasteiger partial charge >= 0.3 is 0 Å². The molecule has 0 saturated carbocycles. The summed E-state index contributed by atoms with van der Waals surface area (Å²) in [5.41, 5.74) is 2.22. The molecule has 0 aliphatic rings. The molecular formula is C18H20N8O2S. The lowest BCUT2D eigenvalue weighted by Gasteiger charge is -2.11. The summed E-state index contributed by atoms with van der Waals surface area (Å²) in [7, 11) is 0. The molecule has 4 aromatic rings. The number of carbonyl (C=O) groups excluding carboxylic acids is 1. The SMILES string of the molecule is CCNc1nc2c(C(C)C)nn(CC(=O)Nc3ccc4nncn4c3)c(=O)c2s1. The van der Waals surface area contributed by atoms with Gasteiger partial charge < -0.3 is 10.6 Å². The minimum atomic E-state index is -0.350. The van der Waals surface area contributed by atoms with Crippen molar-refractivity contribution in [2.75, 3.05) is 17.2 Å². The van der Waals surface area contributed by atoms with Gasteiger partial charge in [-0.1, -0.05) is 25.2 Å². The first-order valence-corrected chi connectivity index (χ1v) is 10.0. The van der Waals surface area contributed by atoms with E-state index in [0.717, 1.165) is 0 Å². The lowest BCUT2D eigenvalue weighted by Crippen LogP contribution is -2.30. The highest BCUT2D eigenvalue weighted by atomic mass is 32.1. The first-order valence-electron chi connectivity index (χ1n) is 9.21. The number of nitrogens with zero attached hydrogens (tertiary/aromatic N) is 6. The summed E-state index contributed by atoms with van der Waals surface area (Å²) in [5.74, 6) is -0.294. The Morgan fingerprint density at radius 3 is 2.90 bits per heavy atom. The Morgan fingerprint density at radius 1 is 1.31 bits per heavy atom. The molecule has 2 N–H and O–H groups in total. The van der Waals surface area contributed by atoms with Crippen LogP contribution in [0.3, 0.4) is 0 Å². The van der Waals surface area contributed by atoms with Crippen LogP contribution in [0.5, 0.6) is 0 Å². The number of rotatable bonds is 6. The van der Waals surface area contributed by atoms with Crippen molar-refractivity contribution in [2.24, 2.45) is 0 Å². The smallest absolute Gasteiger partial charge is 0.286 e. The van der Waals surface area contributed by atoms with Gasteiger partial charge in [-0.15, -0.1) is 10.2 Å². The van der Waals surface area contributed by atoms with Crippen molar-refractivity contribution in [1.29, 1.82) is 0 Å². The van der Waals surface area contributed by atoms with Crippen LogP contribution < -0.4 is 16.2 Å². The summed E-state index contributed by atoms with van der Waals surface area (Å²) >= 11 is 1.28. The van der Waals surface area contributed by atoms with Gasteiger partial charge in [0.05, 0.1) is 11.4 Å². The van der Waals surface area contributed by atoms with E-state index >= 15 is 0 Å². The molecule has 1 amide bonds. The minimum Gasteiger partial charge on any atom is -0.362 e. The molecule has 10 nitrogen and oxygen atoms in total. The number of thiazole rings is 1. The van der Waals surface area contributed by atoms with Gasteiger partial charge in [-0.3, -0.25) is 14.0 Å². The van der Waals surface area contributed by atoms with Crippen LogP contribution in [0.2, 0.25) is 0 Å². The van der Waals surface area contributed by atoms with Gasteiger partial charge in [0, 0.05) is 12.7 Å². The Morgan fingerprint density at radius 2 is 2.14 bits per heavy atom. The normalized spacial score (nSPS) is 11.4. The van der Waals surface area contributed by atoms with Crippen molar-refractivity contribution in [3.63, 3.8) is 0 Å². The third kappa shape index (κ3) is 3.68. The van der Waals surface area contributed by atoms with E-state index in [9.17, 15) is 9.59 Å². The third-order valence-corrected chi connectivity index (χ3v) is 5.27. The average molecular weight is 412 g/mol. The van der Waals surface area contributed by atoms with Crippen LogP contribution in [-0.2, 0) is 11.3 Å². The van der Waals surface area contributed by atoms with Crippen molar-refractivity contribution in [1.82, 2.24) is 29.4 Å². The molecule has 0 fully saturated rings. The lowest BCUT2D eigenvalue weighted by molar-refractivity contribution is -0.117. The molecule has 0 aliphatic carbocycles. The molecule has 150 valence electrons. The van der Waals surface area contributed by atoms with Crippen LogP contribution in [0.1, 0.15) is 32.4 Å². The summed E-state index contributed by atoms with van der Waals surface area (Å²) in [6, 6.07) is 3.47. The molecular weight excluding hydrogens is 392 g/mol. The van der Waals surface area contributed by atoms with Crippen LogP contribution in [0.25, 0.3) is 15.9 Å². The molecule has 4 aromatic heterocycles. The molecule has 0 bridgehead atoms. The van der Waals surface area contributed by atoms with Gasteiger partial charge in [0.25, 0.3) is 5.56 Å². The Hall–Kier alpha value is -3.34. The van der Waals surface area contributed by atoms with Gasteiger partial charge in [0.1, 0.15) is 23.1 Å². The molecule has 4 heterocycles. The number of carbonyl (C=O) groups is 1. The number of hydrogen-bond donors (Lipinski definition) is 2. The zero-order valence-corrected chi connectivity index (χ0v) is 17.0. The standard InChI is InChI=1S/C18H20N8O2S/c1-4-19-18-22-15-14(10(2)3)24-26(17(28)16(15)29-18)8-13(27)21-11-5-6-12-23-20-9-25(12)7-11/h5-7,9-10H,4,8H2,1-3H3,(H,19,22)(H,21,27). The molecule has 0 radical (unpaired) electrons. The van der Waals surface area contributed by atoms with E-state index in [-0.39, 0.29) is 23.9 Å². The number of fused-ring (bicyclic) bond motifs is 2. The highest BCUT2D eigenvalue weighted by Crippen LogP contribution is 2.27. The van der Waals surface area contributed by atoms with E-state index in [0.29, 0.717) is 38.9 Å². The van der Waals surface area contributed by atoms with E-state index < -0.39 is 0 Å². The monoisotopic (exact) mass is 412 g/mol. The Labute approximate surface area is 169 Å². The summed E-state index contributed by atoms with van der Waals surface area (Å²) in [6.07, 6.45) is 3.25. The minimum absolute atomic E-state index is 0.0557. The van der Waals surface area contributed by atoms with Crippen molar-refractivity contribution in [2.45, 2.75) is 33.2 Å². The van der Waals surface area contributed by atoms with E-state index in [1.807, 2.05) is 20.8 Å². The Kier molecular flexibility index (Phi) is 4.97. The fraction of sp³-hybridized carbons (Fsp3) is 0.333. The first-order chi connectivity index (χ1) is 14.0. The molecule has 0 atom stereocenters. The second-order valence-corrected chi connectivity index (χ2v) is 7.79. The highest BCUT2D eigenvalue weighted by molar-refractivity contribution is 7.22. The maximum Gasteiger partial charge on any atom is 0.286 e. The molecule has 29 heavy (non-hydrogen) atoms. The second kappa shape index (κ2) is 7.59. The third-order valence-electron chi connectivity index (χ3n) is 4.27. The molecule has 0 aliphatic heterocycles. The van der Waals surface area contributed by atoms with Gasteiger partial charge in [-0.25, -0.2) is 9.67 Å². The van der Waals surface area contributed by atoms with E-state index in [4.69, 9.17) is 0 Å². The molecule has 11 heteroatoms. The summed E-state index contributed by atoms with van der Waals surface area (Å²) in [5, 5.41) is 18.8. The van der Waals surface area contributed by atoms with Gasteiger partial charge in [-0.05, 0) is 25.0 Å². The molecule has 0 unspecified atom stereocenters. The topological polar surface area (TPSA) is 119 Å². The average Bonchev–Trinajstić information content (AvgIpc) is 3.30. The van der Waals surface area contributed by atoms with Crippen molar-refractivity contribution in [3.05, 3.63) is 40.7 Å². The predicted molar refractivity (Wildman–Crippen MR) is 112 cm³/mol. The quantitative estimate of drug-likeness (QED) is 0.498. The molecule has 4 rings (SSSR count). The number of nitrogens with one attached hydrogen (secondary N) is 2. The van der Waals surface area contributed by atoms with Crippen LogP contribution >= 0.6 is 11.3 Å². The number of aromatic nitrogens is 6. The van der Waals surface area contributed by atoms with Crippen LogP contribution in [0.4, 0.5) is 10.8 Å². The zero-order valence-electron chi connectivity index (χ0n) is 16.2. The Bertz CT molecular complexity index is 1260. The van der Waals surface area contributed by atoms with Crippen LogP contribution in [0.15, 0.2) is 29.5 Å². The van der Waals surface area contributed by atoms with Crippen LogP contribution in [0, 0.1) is 0 Å². The maximum absolute atomic E-state index is 12.9. The van der Waals surface area contributed by atoms with Crippen molar-refractivity contribution in [3.8, 4) is 0 Å². The van der Waals surface area contributed by atoms with Gasteiger partial charge in [0.15, 0.2) is 10.8 Å². The molecule has 0 saturated heterocycles. The largest absolute Gasteiger partial charge is 0.362 e. The predicted octanol–water partition coefficient (Wildman–Crippen LogP) is 2.09. The molecule has 0 spiro atoms. The van der Waals surface area contributed by atoms with E-state index in [2.05, 4.69) is 30.9 Å².